The number of imidazole rings is 1. The number of fused-ring (bicyclic) bond motifs is 1. The third-order valence-electron chi connectivity index (χ3n) is 1.84. The summed E-state index contributed by atoms with van der Waals surface area (Å²) in [5, 5.41) is 9.30. The van der Waals surface area contributed by atoms with Crippen LogP contribution in [0.2, 0.25) is 0 Å². The van der Waals surface area contributed by atoms with E-state index in [2.05, 4.69) is 4.98 Å². The third kappa shape index (κ3) is 0.903. The van der Waals surface area contributed by atoms with Crippen molar-refractivity contribution < 1.29 is 5.11 Å². The smallest absolute Gasteiger partial charge is 0.211 e. The maximum absolute atomic E-state index is 9.30. The summed E-state index contributed by atoms with van der Waals surface area (Å²) in [7, 11) is 0. The first-order chi connectivity index (χ1) is 5.29. The molecule has 11 heavy (non-hydrogen) atoms. The molecule has 4 heteroatoms. The summed E-state index contributed by atoms with van der Waals surface area (Å²) in [5.74, 6) is 0.208. The van der Waals surface area contributed by atoms with Crippen LogP contribution in [0.15, 0.2) is 12.2 Å². The van der Waals surface area contributed by atoms with Crippen LogP contribution < -0.4 is 0 Å². The molecular weight excluding hydrogens is 160 g/mol. The van der Waals surface area contributed by atoms with Gasteiger partial charge in [0, 0.05) is 13.0 Å². The Kier molecular flexibility index (Phi) is 1.35. The summed E-state index contributed by atoms with van der Waals surface area (Å²) in [6, 6.07) is 0. The highest BCUT2D eigenvalue weighted by molar-refractivity contribution is 7.71. The fourth-order valence-electron chi connectivity index (χ4n) is 1.27. The number of allylic oxidation sites excluding steroid dienone is 2. The monoisotopic (exact) mass is 168 g/mol. The second-order valence-electron chi connectivity index (χ2n) is 2.51. The summed E-state index contributed by atoms with van der Waals surface area (Å²) >= 11 is 4.97. The van der Waals surface area contributed by atoms with E-state index in [1.165, 1.54) is 0 Å². The van der Waals surface area contributed by atoms with E-state index in [4.69, 9.17) is 12.2 Å². The van der Waals surface area contributed by atoms with Gasteiger partial charge < -0.3 is 14.7 Å². The Bertz CT molecular complexity index is 361. The average Bonchev–Trinajstić information content (AvgIpc) is 2.30. The van der Waals surface area contributed by atoms with Crippen molar-refractivity contribution in [1.82, 2.24) is 9.55 Å². The lowest BCUT2D eigenvalue weighted by Gasteiger charge is -2.07. The zero-order valence-corrected chi connectivity index (χ0v) is 6.69. The molecule has 0 atom stereocenters. The number of rotatable bonds is 0. The largest absolute Gasteiger partial charge is 0.493 e. The van der Waals surface area contributed by atoms with Gasteiger partial charge in [0.15, 0.2) is 4.77 Å². The molecule has 0 aliphatic carbocycles. The van der Waals surface area contributed by atoms with E-state index in [-0.39, 0.29) is 5.88 Å². The van der Waals surface area contributed by atoms with Crippen molar-refractivity contribution in [3.05, 3.63) is 22.6 Å². The molecule has 0 aromatic carbocycles. The minimum atomic E-state index is 0.208. The molecule has 0 spiro atoms. The van der Waals surface area contributed by atoms with Gasteiger partial charge in [-0.3, -0.25) is 0 Å². The molecule has 0 amide bonds. The molecule has 3 nitrogen and oxygen atoms in total. The summed E-state index contributed by atoms with van der Waals surface area (Å²) in [6.07, 6.45) is 4.83. The van der Waals surface area contributed by atoms with E-state index in [0.717, 1.165) is 18.7 Å². The normalized spacial score (nSPS) is 14.9. The summed E-state index contributed by atoms with van der Waals surface area (Å²) in [4.78, 5) is 2.71. The van der Waals surface area contributed by atoms with E-state index < -0.39 is 0 Å². The third-order valence-corrected chi connectivity index (χ3v) is 2.16. The van der Waals surface area contributed by atoms with E-state index in [9.17, 15) is 5.11 Å². The Hall–Kier alpha value is -1.03. The molecule has 1 aliphatic rings. The van der Waals surface area contributed by atoms with Crippen molar-refractivity contribution in [2.75, 3.05) is 0 Å². The number of nitrogens with zero attached hydrogens (tertiary/aromatic N) is 1. The van der Waals surface area contributed by atoms with Crippen LogP contribution in [0.4, 0.5) is 0 Å². The Morgan fingerprint density at radius 2 is 2.36 bits per heavy atom. The minimum Gasteiger partial charge on any atom is -0.493 e. The lowest BCUT2D eigenvalue weighted by atomic mass is 10.2. The molecule has 1 aromatic heterocycles. The minimum absolute atomic E-state index is 0.208. The predicted molar refractivity (Wildman–Crippen MR) is 44.1 cm³/mol. The maximum Gasteiger partial charge on any atom is 0.211 e. The quantitative estimate of drug-likeness (QED) is 0.453. The van der Waals surface area contributed by atoms with Crippen molar-refractivity contribution in [3.8, 4) is 5.88 Å². The van der Waals surface area contributed by atoms with Gasteiger partial charge in [0.2, 0.25) is 5.88 Å². The zero-order chi connectivity index (χ0) is 7.84. The van der Waals surface area contributed by atoms with Gasteiger partial charge in [0.1, 0.15) is 0 Å². The highest BCUT2D eigenvalue weighted by Crippen LogP contribution is 2.19. The number of aromatic amines is 1. The first-order valence-electron chi connectivity index (χ1n) is 3.44. The first-order valence-corrected chi connectivity index (χ1v) is 3.85. The number of hydrogen-bond acceptors (Lipinski definition) is 2. The fourth-order valence-corrected chi connectivity index (χ4v) is 1.55. The topological polar surface area (TPSA) is 40.9 Å². The van der Waals surface area contributed by atoms with Crippen LogP contribution in [0.3, 0.4) is 0 Å². The van der Waals surface area contributed by atoms with Crippen LogP contribution in [0, 0.1) is 4.77 Å². The first kappa shape index (κ1) is 6.67. The second kappa shape index (κ2) is 2.23. The van der Waals surface area contributed by atoms with Crippen LogP contribution >= 0.6 is 12.2 Å². The van der Waals surface area contributed by atoms with Gasteiger partial charge in [0.25, 0.3) is 0 Å². The standard InChI is InChI=1S/C7H8N2OS/c10-6-5-3-1-2-4-9(5)7(11)8-6/h1-2,10H,3-4H2,(H,8,11). The molecule has 0 bridgehead atoms. The van der Waals surface area contributed by atoms with Gasteiger partial charge >= 0.3 is 0 Å². The highest BCUT2D eigenvalue weighted by Gasteiger charge is 2.10. The van der Waals surface area contributed by atoms with Crippen molar-refractivity contribution >= 4 is 12.2 Å². The Morgan fingerprint density at radius 3 is 3.09 bits per heavy atom. The molecule has 0 saturated carbocycles. The maximum atomic E-state index is 9.30. The van der Waals surface area contributed by atoms with Crippen molar-refractivity contribution in [2.24, 2.45) is 0 Å². The van der Waals surface area contributed by atoms with Crippen LogP contribution in [-0.4, -0.2) is 14.7 Å². The van der Waals surface area contributed by atoms with E-state index in [1.54, 1.807) is 0 Å². The molecule has 0 saturated heterocycles. The van der Waals surface area contributed by atoms with Gasteiger partial charge in [0.05, 0.1) is 5.69 Å². The van der Waals surface area contributed by atoms with Gasteiger partial charge in [-0.2, -0.15) is 0 Å². The molecule has 2 rings (SSSR count). The van der Waals surface area contributed by atoms with Crippen LogP contribution in [0.5, 0.6) is 5.88 Å². The predicted octanol–water partition coefficient (Wildman–Crippen LogP) is 1.36. The van der Waals surface area contributed by atoms with Gasteiger partial charge in [-0.1, -0.05) is 12.2 Å². The molecule has 0 radical (unpaired) electrons. The number of nitrogens with one attached hydrogen (secondary N) is 1. The molecule has 0 fully saturated rings. The van der Waals surface area contributed by atoms with Gasteiger partial charge in [-0.15, -0.1) is 0 Å². The molecule has 1 aromatic rings. The fraction of sp³-hybridized carbons (Fsp3) is 0.286. The second-order valence-corrected chi connectivity index (χ2v) is 2.90. The number of H-pyrrole nitrogens is 1. The SMILES string of the molecule is Oc1[nH]c(=S)n2c1CC=CC2. The number of aromatic hydroxyl groups is 1. The number of aromatic nitrogens is 2. The van der Waals surface area contributed by atoms with Crippen LogP contribution in [0.1, 0.15) is 5.69 Å². The molecule has 2 N–H and O–H groups in total. The summed E-state index contributed by atoms with van der Waals surface area (Å²) in [6.45, 7) is 0.769. The molecule has 0 unspecified atom stereocenters. The Labute approximate surface area is 69.0 Å². The molecule has 58 valence electrons. The van der Waals surface area contributed by atoms with E-state index in [1.807, 2.05) is 16.7 Å². The lowest BCUT2D eigenvalue weighted by Crippen LogP contribution is -2.04. The van der Waals surface area contributed by atoms with E-state index >= 15 is 0 Å². The Balaban J connectivity index is 2.66. The van der Waals surface area contributed by atoms with E-state index in [0.29, 0.717) is 4.77 Å². The van der Waals surface area contributed by atoms with Gasteiger partial charge in [-0.05, 0) is 12.2 Å². The number of hydrogen-bond donors (Lipinski definition) is 2. The lowest BCUT2D eigenvalue weighted by molar-refractivity contribution is 0.448. The summed E-state index contributed by atoms with van der Waals surface area (Å²) in [5.41, 5.74) is 0.887. The summed E-state index contributed by atoms with van der Waals surface area (Å²) < 4.78 is 2.49. The van der Waals surface area contributed by atoms with Gasteiger partial charge in [-0.25, -0.2) is 0 Å². The van der Waals surface area contributed by atoms with Crippen LogP contribution in [0.25, 0.3) is 0 Å². The molecule has 1 aliphatic heterocycles. The van der Waals surface area contributed by atoms with Crippen molar-refractivity contribution in [2.45, 2.75) is 13.0 Å². The Morgan fingerprint density at radius 1 is 1.55 bits per heavy atom. The van der Waals surface area contributed by atoms with Crippen LogP contribution in [-0.2, 0) is 13.0 Å². The molecule has 2 heterocycles. The highest BCUT2D eigenvalue weighted by atomic mass is 32.1. The molecular formula is C7H8N2OS. The zero-order valence-electron chi connectivity index (χ0n) is 5.87. The average molecular weight is 168 g/mol. The van der Waals surface area contributed by atoms with Crippen molar-refractivity contribution in [1.29, 1.82) is 0 Å². The van der Waals surface area contributed by atoms with Crippen molar-refractivity contribution in [3.63, 3.8) is 0 Å².